The smallest absolute Gasteiger partial charge is 0.262 e. The van der Waals surface area contributed by atoms with Crippen molar-refractivity contribution in [2.75, 3.05) is 37.0 Å². The lowest BCUT2D eigenvalue weighted by Gasteiger charge is -2.20. The summed E-state index contributed by atoms with van der Waals surface area (Å²) in [4.78, 5) is 26.3. The number of Topliss-reactive ketones (excluding diaryl/α,β-unsaturated/α-hetero) is 1. The highest BCUT2D eigenvalue weighted by Crippen LogP contribution is 2.28. The third-order valence-electron chi connectivity index (χ3n) is 5.95. The van der Waals surface area contributed by atoms with E-state index < -0.39 is 0 Å². The zero-order chi connectivity index (χ0) is 24.6. The van der Waals surface area contributed by atoms with Gasteiger partial charge in [-0.05, 0) is 62.2 Å². The van der Waals surface area contributed by atoms with Gasteiger partial charge in [0.15, 0.2) is 29.7 Å². The molecule has 1 saturated heterocycles. The molecule has 2 aromatic carbocycles. The first-order chi connectivity index (χ1) is 17.0. The van der Waals surface area contributed by atoms with E-state index >= 15 is 0 Å². The summed E-state index contributed by atoms with van der Waals surface area (Å²) in [5, 5.41) is 11.7. The molecular formula is C27H30N4O4. The predicted molar refractivity (Wildman–Crippen MR) is 135 cm³/mol. The summed E-state index contributed by atoms with van der Waals surface area (Å²) >= 11 is 0. The number of nitrogens with zero attached hydrogens (tertiary/aromatic N) is 3. The van der Waals surface area contributed by atoms with Crippen molar-refractivity contribution < 1.29 is 19.1 Å². The van der Waals surface area contributed by atoms with Gasteiger partial charge in [0.05, 0.1) is 12.8 Å². The van der Waals surface area contributed by atoms with Crippen molar-refractivity contribution in [1.82, 2.24) is 10.2 Å². The molecule has 1 amide bonds. The van der Waals surface area contributed by atoms with E-state index in [1.54, 1.807) is 18.2 Å². The standard InChI is InChI=1S/C27H30N4O4/c1-19(32)20-10-12-24(25(17-20)34-2)35-18-27(33)28-22-9-7-8-21(16-22)23-11-13-26(30-29-23)31-14-5-3-4-6-15-31/h7-13,16-17H,3-6,14-15,18H2,1-2H3,(H,28,33). The van der Waals surface area contributed by atoms with Crippen molar-refractivity contribution in [3.8, 4) is 22.8 Å². The van der Waals surface area contributed by atoms with Crippen molar-refractivity contribution in [3.63, 3.8) is 0 Å². The van der Waals surface area contributed by atoms with Crippen LogP contribution in [-0.2, 0) is 4.79 Å². The normalized spacial score (nSPS) is 13.6. The van der Waals surface area contributed by atoms with Gasteiger partial charge in [0.2, 0.25) is 0 Å². The zero-order valence-corrected chi connectivity index (χ0v) is 20.1. The molecule has 0 atom stereocenters. The number of amides is 1. The molecule has 4 rings (SSSR count). The lowest BCUT2D eigenvalue weighted by Crippen LogP contribution is -2.25. The first-order valence-electron chi connectivity index (χ1n) is 11.8. The number of rotatable bonds is 8. The van der Waals surface area contributed by atoms with Crippen LogP contribution in [0.1, 0.15) is 43.0 Å². The fourth-order valence-electron chi connectivity index (χ4n) is 4.05. The van der Waals surface area contributed by atoms with E-state index in [2.05, 4.69) is 20.4 Å². The van der Waals surface area contributed by atoms with Gasteiger partial charge in [0, 0.05) is 29.9 Å². The summed E-state index contributed by atoms with van der Waals surface area (Å²) in [5.74, 6) is 1.30. The van der Waals surface area contributed by atoms with Gasteiger partial charge in [0.25, 0.3) is 5.91 Å². The van der Waals surface area contributed by atoms with E-state index in [0.717, 1.165) is 30.2 Å². The molecule has 0 saturated carbocycles. The molecule has 182 valence electrons. The zero-order valence-electron chi connectivity index (χ0n) is 20.1. The number of hydrogen-bond acceptors (Lipinski definition) is 7. The first-order valence-corrected chi connectivity index (χ1v) is 11.8. The SMILES string of the molecule is COc1cc(C(C)=O)ccc1OCC(=O)Nc1cccc(-c2ccc(N3CCCCCC3)nn2)c1. The summed E-state index contributed by atoms with van der Waals surface area (Å²) in [6.45, 7) is 3.31. The molecule has 35 heavy (non-hydrogen) atoms. The molecule has 1 N–H and O–H groups in total. The largest absolute Gasteiger partial charge is 0.493 e. The van der Waals surface area contributed by atoms with Gasteiger partial charge in [0.1, 0.15) is 0 Å². The maximum Gasteiger partial charge on any atom is 0.262 e. The maximum atomic E-state index is 12.5. The number of hydrogen-bond donors (Lipinski definition) is 1. The van der Waals surface area contributed by atoms with Crippen molar-refractivity contribution in [3.05, 3.63) is 60.2 Å². The van der Waals surface area contributed by atoms with Crippen LogP contribution in [0, 0.1) is 0 Å². The Morgan fingerprint density at radius 2 is 1.74 bits per heavy atom. The quantitative estimate of drug-likeness (QED) is 0.471. The Morgan fingerprint density at radius 3 is 2.43 bits per heavy atom. The second-order valence-corrected chi connectivity index (χ2v) is 8.52. The molecule has 0 bridgehead atoms. The van der Waals surface area contributed by atoms with Crippen molar-refractivity contribution in [1.29, 1.82) is 0 Å². The number of ketones is 1. The number of carbonyl (C=O) groups excluding carboxylic acids is 2. The Balaban J connectivity index is 1.37. The number of ether oxygens (including phenoxy) is 2. The summed E-state index contributed by atoms with van der Waals surface area (Å²) in [5.41, 5.74) is 2.75. The van der Waals surface area contributed by atoms with Crippen LogP contribution in [-0.4, -0.2) is 48.7 Å². The van der Waals surface area contributed by atoms with Gasteiger partial charge in [-0.3, -0.25) is 9.59 Å². The Labute approximate surface area is 205 Å². The van der Waals surface area contributed by atoms with Crippen LogP contribution in [0.5, 0.6) is 11.5 Å². The molecule has 1 aliphatic heterocycles. The van der Waals surface area contributed by atoms with E-state index in [9.17, 15) is 9.59 Å². The molecule has 8 nitrogen and oxygen atoms in total. The number of methoxy groups -OCH3 is 1. The minimum absolute atomic E-state index is 0.0752. The third-order valence-corrected chi connectivity index (χ3v) is 5.95. The number of benzene rings is 2. The highest BCUT2D eigenvalue weighted by atomic mass is 16.5. The van der Waals surface area contributed by atoms with Gasteiger partial charge < -0.3 is 19.7 Å². The second kappa shape index (κ2) is 11.5. The van der Waals surface area contributed by atoms with E-state index in [4.69, 9.17) is 9.47 Å². The molecule has 0 aliphatic carbocycles. The van der Waals surface area contributed by atoms with Crippen molar-refractivity contribution in [2.24, 2.45) is 0 Å². The van der Waals surface area contributed by atoms with Gasteiger partial charge >= 0.3 is 0 Å². The third kappa shape index (κ3) is 6.35. The van der Waals surface area contributed by atoms with Crippen LogP contribution in [0.2, 0.25) is 0 Å². The van der Waals surface area contributed by atoms with Crippen molar-refractivity contribution in [2.45, 2.75) is 32.6 Å². The maximum absolute atomic E-state index is 12.5. The summed E-state index contributed by atoms with van der Waals surface area (Å²) in [6.07, 6.45) is 4.91. The Kier molecular flexibility index (Phi) is 7.92. The fourth-order valence-corrected chi connectivity index (χ4v) is 4.05. The van der Waals surface area contributed by atoms with Crippen LogP contribution < -0.4 is 19.7 Å². The Morgan fingerprint density at radius 1 is 0.943 bits per heavy atom. The van der Waals surface area contributed by atoms with Gasteiger partial charge in [-0.25, -0.2) is 0 Å². The van der Waals surface area contributed by atoms with Crippen LogP contribution in [0.25, 0.3) is 11.3 Å². The highest BCUT2D eigenvalue weighted by Gasteiger charge is 2.13. The van der Waals surface area contributed by atoms with Crippen LogP contribution >= 0.6 is 0 Å². The molecule has 0 radical (unpaired) electrons. The average Bonchev–Trinajstić information content (AvgIpc) is 3.17. The Hall–Kier alpha value is -3.94. The minimum atomic E-state index is -0.317. The average molecular weight is 475 g/mol. The molecule has 8 heteroatoms. The molecule has 1 aliphatic rings. The number of nitrogens with one attached hydrogen (secondary N) is 1. The molecule has 3 aromatic rings. The monoisotopic (exact) mass is 474 g/mol. The van der Waals surface area contributed by atoms with Gasteiger partial charge in [-0.15, -0.1) is 10.2 Å². The number of aromatic nitrogens is 2. The molecule has 1 aromatic heterocycles. The van der Waals surface area contributed by atoms with E-state index in [1.807, 2.05) is 36.4 Å². The summed E-state index contributed by atoms with van der Waals surface area (Å²) in [6, 6.07) is 16.3. The fraction of sp³-hybridized carbons (Fsp3) is 0.333. The number of anilines is 2. The van der Waals surface area contributed by atoms with E-state index in [-0.39, 0.29) is 18.3 Å². The topological polar surface area (TPSA) is 93.6 Å². The van der Waals surface area contributed by atoms with E-state index in [0.29, 0.717) is 22.7 Å². The van der Waals surface area contributed by atoms with Gasteiger partial charge in [-0.2, -0.15) is 0 Å². The Bertz CT molecular complexity index is 1170. The summed E-state index contributed by atoms with van der Waals surface area (Å²) < 4.78 is 10.9. The van der Waals surface area contributed by atoms with Crippen LogP contribution in [0.4, 0.5) is 11.5 Å². The first kappa shape index (κ1) is 24.2. The summed E-state index contributed by atoms with van der Waals surface area (Å²) in [7, 11) is 1.49. The lowest BCUT2D eigenvalue weighted by molar-refractivity contribution is -0.118. The minimum Gasteiger partial charge on any atom is -0.493 e. The van der Waals surface area contributed by atoms with Crippen LogP contribution in [0.15, 0.2) is 54.6 Å². The van der Waals surface area contributed by atoms with Crippen molar-refractivity contribution >= 4 is 23.2 Å². The van der Waals surface area contributed by atoms with Gasteiger partial charge in [-0.1, -0.05) is 25.0 Å². The predicted octanol–water partition coefficient (Wildman–Crippen LogP) is 4.75. The molecule has 2 heterocycles. The molecule has 1 fully saturated rings. The second-order valence-electron chi connectivity index (χ2n) is 8.52. The van der Waals surface area contributed by atoms with E-state index in [1.165, 1.54) is 39.7 Å². The molecular weight excluding hydrogens is 444 g/mol. The number of carbonyl (C=O) groups is 2. The molecule has 0 unspecified atom stereocenters. The highest BCUT2D eigenvalue weighted by molar-refractivity contribution is 5.95. The lowest BCUT2D eigenvalue weighted by atomic mass is 10.1. The molecule has 0 spiro atoms. The van der Waals surface area contributed by atoms with Crippen LogP contribution in [0.3, 0.4) is 0 Å².